The SMILES string of the molecule is CC(C)(C)OC(=O)N1CC([CH2][Sn]([c]2ccccc2)([c]2ccccc2)[c]2ccccc2)C(NOCc2ccccc2)C1. The summed E-state index contributed by atoms with van der Waals surface area (Å²) in [7, 11) is 0. The number of nitrogens with zero attached hydrogens (tertiary/aromatic N) is 1. The Labute approximate surface area is 248 Å². The van der Waals surface area contributed by atoms with Crippen molar-refractivity contribution in [3.05, 3.63) is 127 Å². The topological polar surface area (TPSA) is 50.8 Å². The molecule has 0 aliphatic carbocycles. The van der Waals surface area contributed by atoms with Crippen LogP contribution in [0.25, 0.3) is 0 Å². The Morgan fingerprint density at radius 3 is 1.68 bits per heavy atom. The summed E-state index contributed by atoms with van der Waals surface area (Å²) in [5.74, 6) is 0.176. The van der Waals surface area contributed by atoms with Gasteiger partial charge in [-0.3, -0.25) is 0 Å². The number of benzene rings is 4. The molecule has 1 amide bonds. The van der Waals surface area contributed by atoms with E-state index in [1.165, 1.54) is 10.7 Å². The fourth-order valence-corrected chi connectivity index (χ4v) is 20.7. The zero-order chi connectivity index (χ0) is 28.7. The van der Waals surface area contributed by atoms with Gasteiger partial charge in [0.05, 0.1) is 0 Å². The molecule has 5 rings (SSSR count). The molecule has 0 aromatic heterocycles. The number of rotatable bonds is 9. The quantitative estimate of drug-likeness (QED) is 0.201. The van der Waals surface area contributed by atoms with Crippen molar-refractivity contribution < 1.29 is 14.4 Å². The van der Waals surface area contributed by atoms with Crippen molar-refractivity contribution in [3.8, 4) is 0 Å². The van der Waals surface area contributed by atoms with Crippen molar-refractivity contribution in [2.24, 2.45) is 5.92 Å². The summed E-state index contributed by atoms with van der Waals surface area (Å²) in [6, 6.07) is 43.2. The van der Waals surface area contributed by atoms with Gasteiger partial charge in [-0.1, -0.05) is 0 Å². The van der Waals surface area contributed by atoms with E-state index in [0.717, 1.165) is 10.0 Å². The zero-order valence-corrected chi connectivity index (χ0v) is 27.1. The van der Waals surface area contributed by atoms with Crippen molar-refractivity contribution in [3.63, 3.8) is 0 Å². The summed E-state index contributed by atoms with van der Waals surface area (Å²) in [6.07, 6.45) is -0.269. The standard InChI is InChI=1S/C17H25N2O3.3C6H5.Sn/c1-13-10-19(16(20)22-17(2,3)4)11-15(13)18-21-12-14-8-6-5-7-9-14;3*1-2-4-6-5-3-1;/h5-9,13,15,18H,1,10-12H2,2-4H3;3*1-5H;. The molecule has 5 nitrogen and oxygen atoms in total. The Morgan fingerprint density at radius 2 is 1.22 bits per heavy atom. The number of hydroxylamine groups is 1. The van der Waals surface area contributed by atoms with E-state index in [0.29, 0.717) is 19.7 Å². The Morgan fingerprint density at radius 1 is 0.756 bits per heavy atom. The van der Waals surface area contributed by atoms with Crippen molar-refractivity contribution >= 4 is 35.2 Å². The molecule has 4 aromatic carbocycles. The fourth-order valence-electron chi connectivity index (χ4n) is 5.91. The molecule has 1 aliphatic heterocycles. The van der Waals surface area contributed by atoms with Gasteiger partial charge in [0.1, 0.15) is 0 Å². The van der Waals surface area contributed by atoms with Crippen LogP contribution in [-0.4, -0.2) is 54.1 Å². The number of carbonyl (C=O) groups excluding carboxylic acids is 1. The number of ether oxygens (including phenoxy) is 1. The maximum absolute atomic E-state index is 13.3. The molecule has 4 aromatic rings. The molecular formula is C35H40N2O3Sn. The molecule has 2 atom stereocenters. The summed E-state index contributed by atoms with van der Waals surface area (Å²) in [6.45, 7) is 7.36. The molecule has 1 fully saturated rings. The molecule has 212 valence electrons. The Kier molecular flexibility index (Phi) is 9.48. The van der Waals surface area contributed by atoms with Gasteiger partial charge in [0.2, 0.25) is 0 Å². The number of likely N-dealkylation sites (tertiary alicyclic amines) is 1. The third-order valence-electron chi connectivity index (χ3n) is 7.78. The molecule has 0 spiro atoms. The van der Waals surface area contributed by atoms with Crippen molar-refractivity contribution in [2.75, 3.05) is 13.1 Å². The van der Waals surface area contributed by atoms with Gasteiger partial charge < -0.3 is 0 Å². The van der Waals surface area contributed by atoms with Crippen molar-refractivity contribution in [1.82, 2.24) is 10.4 Å². The molecule has 1 saturated heterocycles. The monoisotopic (exact) mass is 656 g/mol. The molecule has 2 unspecified atom stereocenters. The van der Waals surface area contributed by atoms with E-state index in [-0.39, 0.29) is 18.1 Å². The second-order valence-corrected chi connectivity index (χ2v) is 23.1. The van der Waals surface area contributed by atoms with Crippen LogP contribution in [0.1, 0.15) is 26.3 Å². The summed E-state index contributed by atoms with van der Waals surface area (Å²) < 4.78 is 11.1. The Bertz CT molecular complexity index is 1280. The average molecular weight is 655 g/mol. The Hall–Kier alpha value is -3.13. The normalized spacial score (nSPS) is 17.4. The van der Waals surface area contributed by atoms with Gasteiger partial charge in [-0.25, -0.2) is 0 Å². The summed E-state index contributed by atoms with van der Waals surface area (Å²) in [5.41, 5.74) is 3.94. The predicted molar refractivity (Wildman–Crippen MR) is 168 cm³/mol. The minimum atomic E-state index is -3.59. The molecule has 0 radical (unpaired) electrons. The van der Waals surface area contributed by atoms with Crippen LogP contribution in [0.2, 0.25) is 4.44 Å². The van der Waals surface area contributed by atoms with Gasteiger partial charge in [-0.15, -0.1) is 0 Å². The first-order chi connectivity index (χ1) is 19.8. The predicted octanol–water partition coefficient (Wildman–Crippen LogP) is 5.11. The molecule has 6 heteroatoms. The number of nitrogens with one attached hydrogen (secondary N) is 1. The summed E-state index contributed by atoms with van der Waals surface area (Å²) in [5, 5.41) is 0. The van der Waals surface area contributed by atoms with E-state index in [4.69, 9.17) is 9.57 Å². The number of hydrogen-bond donors (Lipinski definition) is 1. The number of carbonyl (C=O) groups is 1. The third-order valence-corrected chi connectivity index (χ3v) is 22.3. The van der Waals surface area contributed by atoms with Crippen LogP contribution in [0.15, 0.2) is 121 Å². The first-order valence-corrected chi connectivity index (χ1v) is 20.7. The van der Waals surface area contributed by atoms with Crippen LogP contribution in [0.5, 0.6) is 0 Å². The number of hydrogen-bond acceptors (Lipinski definition) is 4. The van der Waals surface area contributed by atoms with Gasteiger partial charge in [0.15, 0.2) is 0 Å². The van der Waals surface area contributed by atoms with E-state index in [9.17, 15) is 4.79 Å². The molecular weight excluding hydrogens is 615 g/mol. The first kappa shape index (κ1) is 29.4. The maximum atomic E-state index is 13.3. The van der Waals surface area contributed by atoms with Crippen LogP contribution in [-0.2, 0) is 16.2 Å². The van der Waals surface area contributed by atoms with E-state index in [2.05, 4.69) is 109 Å². The zero-order valence-electron chi connectivity index (χ0n) is 24.2. The van der Waals surface area contributed by atoms with Gasteiger partial charge in [-0.05, 0) is 0 Å². The summed E-state index contributed by atoms with van der Waals surface area (Å²) >= 11 is -3.59. The van der Waals surface area contributed by atoms with Gasteiger partial charge in [-0.2, -0.15) is 0 Å². The number of amides is 1. The van der Waals surface area contributed by atoms with Crippen LogP contribution in [0, 0.1) is 5.92 Å². The third kappa shape index (κ3) is 7.21. The molecule has 1 aliphatic rings. The van der Waals surface area contributed by atoms with Gasteiger partial charge in [0.25, 0.3) is 0 Å². The van der Waals surface area contributed by atoms with E-state index < -0.39 is 24.0 Å². The van der Waals surface area contributed by atoms with E-state index in [1.807, 2.05) is 43.9 Å². The first-order valence-electron chi connectivity index (χ1n) is 14.4. The van der Waals surface area contributed by atoms with Crippen molar-refractivity contribution in [2.45, 2.75) is 43.5 Å². The van der Waals surface area contributed by atoms with Gasteiger partial charge >= 0.3 is 249 Å². The summed E-state index contributed by atoms with van der Waals surface area (Å²) in [4.78, 5) is 21.2. The van der Waals surface area contributed by atoms with Crippen LogP contribution in [0.4, 0.5) is 4.79 Å². The van der Waals surface area contributed by atoms with Gasteiger partial charge in [0, 0.05) is 0 Å². The second kappa shape index (κ2) is 13.2. The van der Waals surface area contributed by atoms with Crippen LogP contribution >= 0.6 is 0 Å². The molecule has 1 heterocycles. The van der Waals surface area contributed by atoms with Crippen molar-refractivity contribution in [1.29, 1.82) is 0 Å². The van der Waals surface area contributed by atoms with E-state index >= 15 is 0 Å². The van der Waals surface area contributed by atoms with Crippen LogP contribution < -0.4 is 16.2 Å². The van der Waals surface area contributed by atoms with Crippen LogP contribution in [0.3, 0.4) is 0 Å². The van der Waals surface area contributed by atoms with E-state index in [1.54, 1.807) is 0 Å². The molecule has 1 N–H and O–H groups in total. The second-order valence-electron chi connectivity index (χ2n) is 11.9. The Balaban J connectivity index is 1.52. The fraction of sp³-hybridized carbons (Fsp3) is 0.286. The average Bonchev–Trinajstić information content (AvgIpc) is 3.39. The minimum absolute atomic E-state index is 0.0292. The molecule has 0 bridgehead atoms. The molecule has 41 heavy (non-hydrogen) atoms. The molecule has 0 saturated carbocycles.